The molecule has 3 aromatic rings. The van der Waals surface area contributed by atoms with E-state index in [2.05, 4.69) is 79.2 Å². The molecule has 0 aliphatic heterocycles. The smallest absolute Gasteiger partial charge is 0.186 e. The van der Waals surface area contributed by atoms with Crippen LogP contribution in [0.25, 0.3) is 10.8 Å². The van der Waals surface area contributed by atoms with Gasteiger partial charge in [-0.3, -0.25) is 0 Å². The molecule has 0 saturated carbocycles. The Labute approximate surface area is 137 Å². The molecule has 0 saturated heterocycles. The molecule has 0 radical (unpaired) electrons. The number of nitrogens with zero attached hydrogens (tertiary/aromatic N) is 1. The standard InChI is InChI=1S/C18H18N.HI/c1-14-18-11-7-6-10-16(18)13-17(19(14)2)12-15-8-4-3-5-9-15;/h3-11,13H,12H2,1-2H3;1H/q+1;/p-1. The van der Waals surface area contributed by atoms with E-state index >= 15 is 0 Å². The fraction of sp³-hybridized carbons (Fsp3) is 0.167. The van der Waals surface area contributed by atoms with E-state index in [9.17, 15) is 0 Å². The van der Waals surface area contributed by atoms with Gasteiger partial charge >= 0.3 is 0 Å². The van der Waals surface area contributed by atoms with Crippen molar-refractivity contribution in [3.63, 3.8) is 0 Å². The zero-order valence-corrected chi connectivity index (χ0v) is 14.0. The third-order valence-corrected chi connectivity index (χ3v) is 3.83. The number of halogens is 1. The Bertz CT molecular complexity index is 720. The van der Waals surface area contributed by atoms with Gasteiger partial charge in [-0.2, -0.15) is 0 Å². The van der Waals surface area contributed by atoms with Crippen molar-refractivity contribution in [2.75, 3.05) is 0 Å². The third-order valence-electron chi connectivity index (χ3n) is 3.83. The summed E-state index contributed by atoms with van der Waals surface area (Å²) < 4.78 is 2.30. The topological polar surface area (TPSA) is 3.88 Å². The number of aryl methyl sites for hydroxylation is 1. The van der Waals surface area contributed by atoms with E-state index in [-0.39, 0.29) is 24.0 Å². The van der Waals surface area contributed by atoms with Crippen LogP contribution in [0.5, 0.6) is 0 Å². The zero-order chi connectivity index (χ0) is 13.2. The normalized spacial score (nSPS) is 10.3. The Hall–Kier alpha value is -1.42. The summed E-state index contributed by atoms with van der Waals surface area (Å²) in [6.07, 6.45) is 0.975. The van der Waals surface area contributed by atoms with E-state index in [0.29, 0.717) is 0 Å². The van der Waals surface area contributed by atoms with Crippen molar-refractivity contribution < 1.29 is 28.5 Å². The first-order valence-corrected chi connectivity index (χ1v) is 6.67. The summed E-state index contributed by atoms with van der Waals surface area (Å²) >= 11 is 0. The summed E-state index contributed by atoms with van der Waals surface area (Å²) in [5.74, 6) is 0. The van der Waals surface area contributed by atoms with Crippen molar-refractivity contribution in [3.8, 4) is 0 Å². The quantitative estimate of drug-likeness (QED) is 0.456. The number of aromatic nitrogens is 1. The van der Waals surface area contributed by atoms with Crippen molar-refractivity contribution >= 4 is 10.8 Å². The summed E-state index contributed by atoms with van der Waals surface area (Å²) in [5.41, 5.74) is 4.03. The van der Waals surface area contributed by atoms with Crippen LogP contribution < -0.4 is 28.5 Å². The molecule has 0 bridgehead atoms. The second kappa shape index (κ2) is 6.35. The van der Waals surface area contributed by atoms with Crippen LogP contribution in [0.1, 0.15) is 17.0 Å². The van der Waals surface area contributed by atoms with Crippen molar-refractivity contribution in [1.82, 2.24) is 0 Å². The predicted molar refractivity (Wildman–Crippen MR) is 79.1 cm³/mol. The van der Waals surface area contributed by atoms with Gasteiger partial charge in [-0.25, -0.2) is 4.57 Å². The van der Waals surface area contributed by atoms with Gasteiger partial charge < -0.3 is 24.0 Å². The molecule has 2 heteroatoms. The Kier molecular flexibility index (Phi) is 4.76. The van der Waals surface area contributed by atoms with Crippen LogP contribution in [0.2, 0.25) is 0 Å². The van der Waals surface area contributed by atoms with Gasteiger partial charge in [0.25, 0.3) is 0 Å². The second-order valence-electron chi connectivity index (χ2n) is 5.03. The zero-order valence-electron chi connectivity index (χ0n) is 11.8. The Morgan fingerprint density at radius 2 is 1.55 bits per heavy atom. The van der Waals surface area contributed by atoms with E-state index in [1.165, 1.54) is 27.7 Å². The van der Waals surface area contributed by atoms with E-state index in [4.69, 9.17) is 0 Å². The lowest BCUT2D eigenvalue weighted by molar-refractivity contribution is -0.683. The van der Waals surface area contributed by atoms with E-state index in [0.717, 1.165) is 6.42 Å². The maximum absolute atomic E-state index is 2.30. The summed E-state index contributed by atoms with van der Waals surface area (Å²) in [6.45, 7) is 2.19. The SMILES string of the molecule is Cc1c2ccccc2cc(Cc2ccccc2)[n+]1C.[I-]. The summed E-state index contributed by atoms with van der Waals surface area (Å²) in [5, 5.41) is 2.66. The second-order valence-corrected chi connectivity index (χ2v) is 5.03. The molecular weight excluding hydrogens is 357 g/mol. The Morgan fingerprint density at radius 3 is 2.30 bits per heavy atom. The van der Waals surface area contributed by atoms with Crippen LogP contribution >= 0.6 is 0 Å². The molecule has 1 aromatic heterocycles. The van der Waals surface area contributed by atoms with E-state index in [1.807, 2.05) is 0 Å². The number of rotatable bonds is 2. The van der Waals surface area contributed by atoms with Gasteiger partial charge in [0.15, 0.2) is 11.4 Å². The van der Waals surface area contributed by atoms with Crippen LogP contribution in [0.15, 0.2) is 60.7 Å². The molecule has 1 heterocycles. The molecule has 0 spiro atoms. The summed E-state index contributed by atoms with van der Waals surface area (Å²) in [7, 11) is 2.15. The van der Waals surface area contributed by atoms with Crippen molar-refractivity contribution in [2.24, 2.45) is 7.05 Å². The van der Waals surface area contributed by atoms with Gasteiger partial charge in [0.05, 0.1) is 6.42 Å². The van der Waals surface area contributed by atoms with Crippen LogP contribution in [-0.4, -0.2) is 0 Å². The van der Waals surface area contributed by atoms with Gasteiger partial charge in [-0.1, -0.05) is 48.5 Å². The summed E-state index contributed by atoms with van der Waals surface area (Å²) in [4.78, 5) is 0. The first-order valence-electron chi connectivity index (χ1n) is 6.67. The highest BCUT2D eigenvalue weighted by atomic mass is 127. The average molecular weight is 375 g/mol. The number of pyridine rings is 1. The highest BCUT2D eigenvalue weighted by molar-refractivity contribution is 5.83. The van der Waals surface area contributed by atoms with Gasteiger partial charge in [-0.05, 0) is 17.0 Å². The molecule has 0 aliphatic carbocycles. The first-order chi connectivity index (χ1) is 9.25. The molecule has 0 amide bonds. The van der Waals surface area contributed by atoms with Crippen LogP contribution in [0, 0.1) is 6.92 Å². The van der Waals surface area contributed by atoms with E-state index in [1.54, 1.807) is 0 Å². The minimum Gasteiger partial charge on any atom is -1.00 e. The van der Waals surface area contributed by atoms with Gasteiger partial charge in [0.1, 0.15) is 7.05 Å². The number of fused-ring (bicyclic) bond motifs is 1. The van der Waals surface area contributed by atoms with Gasteiger partial charge in [-0.15, -0.1) is 0 Å². The molecule has 2 aromatic carbocycles. The lowest BCUT2D eigenvalue weighted by Crippen LogP contribution is -3.00. The largest absolute Gasteiger partial charge is 1.00 e. The lowest BCUT2D eigenvalue weighted by Gasteiger charge is -2.06. The Morgan fingerprint density at radius 1 is 0.900 bits per heavy atom. The van der Waals surface area contributed by atoms with Gasteiger partial charge in [0, 0.05) is 18.4 Å². The van der Waals surface area contributed by atoms with Crippen LogP contribution in [-0.2, 0) is 13.5 Å². The molecule has 20 heavy (non-hydrogen) atoms. The highest BCUT2D eigenvalue weighted by Crippen LogP contribution is 2.17. The monoisotopic (exact) mass is 375 g/mol. The number of hydrogen-bond donors (Lipinski definition) is 0. The fourth-order valence-corrected chi connectivity index (χ4v) is 2.60. The Balaban J connectivity index is 0.00000147. The minimum absolute atomic E-state index is 0. The van der Waals surface area contributed by atoms with Crippen molar-refractivity contribution in [1.29, 1.82) is 0 Å². The lowest BCUT2D eigenvalue weighted by atomic mass is 10.0. The van der Waals surface area contributed by atoms with E-state index < -0.39 is 0 Å². The molecule has 102 valence electrons. The molecule has 0 fully saturated rings. The van der Waals surface area contributed by atoms with Crippen molar-refractivity contribution in [2.45, 2.75) is 13.3 Å². The minimum atomic E-state index is 0. The molecule has 0 atom stereocenters. The molecule has 0 unspecified atom stereocenters. The maximum atomic E-state index is 2.30. The first kappa shape index (κ1) is 15.0. The molecular formula is C18H18IN. The fourth-order valence-electron chi connectivity index (χ4n) is 2.60. The molecule has 1 nitrogen and oxygen atoms in total. The molecule has 0 aliphatic rings. The van der Waals surface area contributed by atoms with Crippen LogP contribution in [0.4, 0.5) is 0 Å². The number of benzene rings is 2. The van der Waals surface area contributed by atoms with Crippen LogP contribution in [0.3, 0.4) is 0 Å². The third kappa shape index (κ3) is 2.85. The number of hydrogen-bond acceptors (Lipinski definition) is 0. The molecule has 3 rings (SSSR count). The molecule has 0 N–H and O–H groups in total. The predicted octanol–water partition coefficient (Wildman–Crippen LogP) is 0.568. The average Bonchev–Trinajstić information content (AvgIpc) is 2.46. The highest BCUT2D eigenvalue weighted by Gasteiger charge is 2.14. The maximum Gasteiger partial charge on any atom is 0.186 e. The summed E-state index contributed by atoms with van der Waals surface area (Å²) in [6, 6.07) is 21.5. The van der Waals surface area contributed by atoms with Gasteiger partial charge in [0.2, 0.25) is 0 Å². The van der Waals surface area contributed by atoms with Crippen molar-refractivity contribution in [3.05, 3.63) is 77.6 Å².